The summed E-state index contributed by atoms with van der Waals surface area (Å²) in [6.45, 7) is 3.17. The van der Waals surface area contributed by atoms with Crippen molar-refractivity contribution in [1.29, 1.82) is 0 Å². The van der Waals surface area contributed by atoms with Crippen LogP contribution in [-0.2, 0) is 20.3 Å². The molecule has 6 heteroatoms. The molecular formula is C14H20N2O3S. The van der Waals surface area contributed by atoms with Crippen LogP contribution in [0.1, 0.15) is 18.4 Å². The molecule has 1 atom stereocenters. The van der Waals surface area contributed by atoms with Crippen molar-refractivity contribution in [2.45, 2.75) is 25.0 Å². The maximum Gasteiger partial charge on any atom is 0.237 e. The number of nitrogen functional groups attached to an aromatic ring is 1. The normalized spacial score (nSPS) is 17.6. The molecule has 5 nitrogen and oxygen atoms in total. The van der Waals surface area contributed by atoms with Crippen LogP contribution in [0.25, 0.3) is 0 Å². The first kappa shape index (κ1) is 15.0. The van der Waals surface area contributed by atoms with Crippen LogP contribution < -0.4 is 11.1 Å². The van der Waals surface area contributed by atoms with E-state index >= 15 is 0 Å². The van der Waals surface area contributed by atoms with Gasteiger partial charge in [0.05, 0.1) is 0 Å². The molecule has 1 aliphatic rings. The minimum absolute atomic E-state index is 0.0262. The van der Waals surface area contributed by atoms with Crippen molar-refractivity contribution in [2.24, 2.45) is 0 Å². The first-order valence-electron chi connectivity index (χ1n) is 6.67. The first-order chi connectivity index (χ1) is 9.56. The molecule has 1 aromatic carbocycles. The summed E-state index contributed by atoms with van der Waals surface area (Å²) in [5.41, 5.74) is 8.03. The van der Waals surface area contributed by atoms with Gasteiger partial charge in [0.2, 0.25) is 5.91 Å². The number of carbonyl (C=O) groups excluding carboxylic acids is 1. The highest BCUT2D eigenvalue weighted by atomic mass is 32.2. The molecule has 1 aliphatic heterocycles. The third kappa shape index (κ3) is 4.05. The van der Waals surface area contributed by atoms with Crippen LogP contribution in [0.4, 0.5) is 11.4 Å². The van der Waals surface area contributed by atoms with Gasteiger partial charge in [-0.15, -0.1) is 0 Å². The second-order valence-electron chi connectivity index (χ2n) is 4.96. The summed E-state index contributed by atoms with van der Waals surface area (Å²) in [7, 11) is -1.14. The lowest BCUT2D eigenvalue weighted by Crippen LogP contribution is -2.30. The molecule has 0 radical (unpaired) electrons. The van der Waals surface area contributed by atoms with Crippen LogP contribution in [0.5, 0.6) is 0 Å². The van der Waals surface area contributed by atoms with Gasteiger partial charge < -0.3 is 15.8 Å². The highest BCUT2D eigenvalue weighted by Gasteiger charge is 2.22. The molecule has 3 N–H and O–H groups in total. The van der Waals surface area contributed by atoms with E-state index in [1.54, 1.807) is 12.1 Å². The Balaban J connectivity index is 1.88. The summed E-state index contributed by atoms with van der Waals surface area (Å²) in [4.78, 5) is 11.9. The fourth-order valence-electron chi connectivity index (χ4n) is 2.10. The van der Waals surface area contributed by atoms with Gasteiger partial charge in [-0.1, -0.05) is 6.07 Å². The minimum atomic E-state index is -1.14. The van der Waals surface area contributed by atoms with Gasteiger partial charge in [-0.05, 0) is 37.5 Å². The largest absolute Gasteiger partial charge is 0.398 e. The number of rotatable bonds is 4. The van der Waals surface area contributed by atoms with E-state index in [0.717, 1.165) is 18.4 Å². The van der Waals surface area contributed by atoms with Crippen molar-refractivity contribution >= 4 is 28.1 Å². The van der Waals surface area contributed by atoms with E-state index in [-0.39, 0.29) is 16.9 Å². The highest BCUT2D eigenvalue weighted by Crippen LogP contribution is 2.17. The third-order valence-electron chi connectivity index (χ3n) is 3.38. The minimum Gasteiger partial charge on any atom is -0.398 e. The van der Waals surface area contributed by atoms with Crippen molar-refractivity contribution in [1.82, 2.24) is 0 Å². The zero-order valence-corrected chi connectivity index (χ0v) is 12.4. The summed E-state index contributed by atoms with van der Waals surface area (Å²) in [5.74, 6) is -0.212. The number of amides is 1. The molecule has 2 rings (SSSR count). The van der Waals surface area contributed by atoms with Crippen molar-refractivity contribution in [2.75, 3.05) is 30.0 Å². The standard InChI is InChI=1S/C14H20N2O3S/c1-10-2-3-11(8-13(10)15)16-14(17)9-20(18)12-4-6-19-7-5-12/h2-3,8,12H,4-7,9,15H2,1H3,(H,16,17). The topological polar surface area (TPSA) is 81.4 Å². The van der Waals surface area contributed by atoms with Gasteiger partial charge in [0.1, 0.15) is 5.75 Å². The molecule has 110 valence electrons. The third-order valence-corrected chi connectivity index (χ3v) is 5.14. The first-order valence-corrected chi connectivity index (χ1v) is 8.05. The number of hydrogen-bond donors (Lipinski definition) is 2. The molecule has 0 saturated carbocycles. The molecule has 0 spiro atoms. The summed E-state index contributed by atoms with van der Waals surface area (Å²) >= 11 is 0. The van der Waals surface area contributed by atoms with Crippen LogP contribution in [0.15, 0.2) is 18.2 Å². The zero-order valence-electron chi connectivity index (χ0n) is 11.6. The van der Waals surface area contributed by atoms with Gasteiger partial charge in [0.15, 0.2) is 0 Å². The van der Waals surface area contributed by atoms with Crippen LogP contribution in [-0.4, -0.2) is 34.3 Å². The average Bonchev–Trinajstić information content (AvgIpc) is 2.44. The monoisotopic (exact) mass is 296 g/mol. The molecule has 1 heterocycles. The van der Waals surface area contributed by atoms with E-state index < -0.39 is 10.8 Å². The molecule has 1 unspecified atom stereocenters. The molecule has 20 heavy (non-hydrogen) atoms. The Morgan fingerprint density at radius 1 is 1.45 bits per heavy atom. The number of ether oxygens (including phenoxy) is 1. The van der Waals surface area contributed by atoms with Crippen molar-refractivity contribution < 1.29 is 13.7 Å². The molecule has 0 aliphatic carbocycles. The van der Waals surface area contributed by atoms with E-state index in [1.807, 2.05) is 13.0 Å². The molecule has 1 saturated heterocycles. The van der Waals surface area contributed by atoms with Crippen LogP contribution >= 0.6 is 0 Å². The summed E-state index contributed by atoms with van der Waals surface area (Å²) < 4.78 is 17.3. The number of aryl methyl sites for hydroxylation is 1. The Labute approximate surface area is 121 Å². The van der Waals surface area contributed by atoms with Gasteiger partial charge in [0.25, 0.3) is 0 Å². The van der Waals surface area contributed by atoms with E-state index in [4.69, 9.17) is 10.5 Å². The maximum atomic E-state index is 12.1. The smallest absolute Gasteiger partial charge is 0.237 e. The van der Waals surface area contributed by atoms with E-state index in [9.17, 15) is 9.00 Å². The second-order valence-corrected chi connectivity index (χ2v) is 6.67. The molecule has 1 aromatic rings. The number of hydrogen-bond acceptors (Lipinski definition) is 4. The Bertz CT molecular complexity index is 513. The van der Waals surface area contributed by atoms with Gasteiger partial charge in [-0.3, -0.25) is 9.00 Å². The Morgan fingerprint density at radius 2 is 2.15 bits per heavy atom. The number of nitrogens with two attached hydrogens (primary N) is 1. The maximum absolute atomic E-state index is 12.1. The van der Waals surface area contributed by atoms with Crippen molar-refractivity contribution in [3.8, 4) is 0 Å². The van der Waals surface area contributed by atoms with Crippen LogP contribution in [0.3, 0.4) is 0 Å². The second kappa shape index (κ2) is 6.85. The number of anilines is 2. The molecule has 0 bridgehead atoms. The number of carbonyl (C=O) groups is 1. The molecule has 1 fully saturated rings. The van der Waals surface area contributed by atoms with E-state index in [0.29, 0.717) is 24.6 Å². The molecule has 1 amide bonds. The quantitative estimate of drug-likeness (QED) is 0.824. The molecular weight excluding hydrogens is 276 g/mol. The summed E-state index contributed by atoms with van der Waals surface area (Å²) in [5, 5.41) is 2.80. The van der Waals surface area contributed by atoms with Gasteiger partial charge in [-0.2, -0.15) is 0 Å². The SMILES string of the molecule is Cc1ccc(NC(=O)CS(=O)C2CCOCC2)cc1N. The van der Waals surface area contributed by atoms with Gasteiger partial charge >= 0.3 is 0 Å². The fraction of sp³-hybridized carbons (Fsp3) is 0.500. The fourth-order valence-corrected chi connectivity index (χ4v) is 3.39. The lowest BCUT2D eigenvalue weighted by atomic mass is 10.2. The summed E-state index contributed by atoms with van der Waals surface area (Å²) in [6, 6.07) is 5.35. The zero-order chi connectivity index (χ0) is 14.5. The lowest BCUT2D eigenvalue weighted by molar-refractivity contribution is -0.113. The Morgan fingerprint density at radius 3 is 2.80 bits per heavy atom. The van der Waals surface area contributed by atoms with Crippen molar-refractivity contribution in [3.05, 3.63) is 23.8 Å². The van der Waals surface area contributed by atoms with Crippen LogP contribution in [0.2, 0.25) is 0 Å². The summed E-state index contributed by atoms with van der Waals surface area (Å²) in [6.07, 6.45) is 1.52. The van der Waals surface area contributed by atoms with Crippen molar-refractivity contribution in [3.63, 3.8) is 0 Å². The number of benzene rings is 1. The Kier molecular flexibility index (Phi) is 5.14. The average molecular weight is 296 g/mol. The molecule has 0 aromatic heterocycles. The van der Waals surface area contributed by atoms with E-state index in [2.05, 4.69) is 5.32 Å². The Hall–Kier alpha value is -1.40. The number of nitrogens with one attached hydrogen (secondary N) is 1. The van der Waals surface area contributed by atoms with Gasteiger partial charge in [0, 0.05) is 40.6 Å². The lowest BCUT2D eigenvalue weighted by Gasteiger charge is -2.21. The highest BCUT2D eigenvalue weighted by molar-refractivity contribution is 7.86. The predicted molar refractivity (Wildman–Crippen MR) is 81.1 cm³/mol. The van der Waals surface area contributed by atoms with Crippen LogP contribution in [0, 0.1) is 6.92 Å². The van der Waals surface area contributed by atoms with E-state index in [1.165, 1.54) is 0 Å². The predicted octanol–water partition coefficient (Wildman–Crippen LogP) is 1.44. The van der Waals surface area contributed by atoms with Gasteiger partial charge in [-0.25, -0.2) is 0 Å².